The SMILES string of the molecule is CN[C@@H]1C(=O)Nc2cc(F)ccc2O[C@@H]1c1ccccc1. The predicted octanol–water partition coefficient (Wildman–Crippen LogP) is 2.49. The number of likely N-dealkylation sites (N-methyl/N-ethyl adjacent to an activating group) is 1. The van der Waals surface area contributed by atoms with Gasteiger partial charge in [0.05, 0.1) is 5.69 Å². The number of anilines is 1. The van der Waals surface area contributed by atoms with Gasteiger partial charge in [-0.2, -0.15) is 0 Å². The summed E-state index contributed by atoms with van der Waals surface area (Å²) in [5.74, 6) is -0.219. The summed E-state index contributed by atoms with van der Waals surface area (Å²) < 4.78 is 19.3. The Bertz CT molecular complexity index is 661. The summed E-state index contributed by atoms with van der Waals surface area (Å²) >= 11 is 0. The molecule has 0 aliphatic carbocycles. The first-order chi connectivity index (χ1) is 10.2. The van der Waals surface area contributed by atoms with Crippen molar-refractivity contribution in [2.75, 3.05) is 12.4 Å². The van der Waals surface area contributed by atoms with E-state index in [1.54, 1.807) is 7.05 Å². The lowest BCUT2D eigenvalue weighted by Crippen LogP contribution is -2.43. The quantitative estimate of drug-likeness (QED) is 0.891. The van der Waals surface area contributed by atoms with Gasteiger partial charge in [-0.25, -0.2) is 4.39 Å². The molecule has 1 aliphatic rings. The van der Waals surface area contributed by atoms with Gasteiger partial charge in [0.1, 0.15) is 23.7 Å². The summed E-state index contributed by atoms with van der Waals surface area (Å²) in [6.07, 6.45) is -0.483. The summed E-state index contributed by atoms with van der Waals surface area (Å²) in [6, 6.07) is 13.0. The fraction of sp³-hybridized carbons (Fsp3) is 0.188. The van der Waals surface area contributed by atoms with Gasteiger partial charge in [-0.3, -0.25) is 4.79 Å². The van der Waals surface area contributed by atoms with Gasteiger partial charge in [-0.15, -0.1) is 0 Å². The molecule has 2 N–H and O–H groups in total. The molecule has 1 heterocycles. The molecule has 0 aromatic heterocycles. The maximum atomic E-state index is 13.3. The Morgan fingerprint density at radius 3 is 2.67 bits per heavy atom. The third-order valence-electron chi connectivity index (χ3n) is 3.48. The van der Waals surface area contributed by atoms with Crippen molar-refractivity contribution >= 4 is 11.6 Å². The van der Waals surface area contributed by atoms with Crippen molar-refractivity contribution in [3.05, 3.63) is 59.9 Å². The molecule has 1 amide bonds. The molecular formula is C16H15FN2O2. The van der Waals surface area contributed by atoms with E-state index >= 15 is 0 Å². The van der Waals surface area contributed by atoms with Crippen molar-refractivity contribution < 1.29 is 13.9 Å². The van der Waals surface area contributed by atoms with Crippen LogP contribution in [0.1, 0.15) is 11.7 Å². The van der Waals surface area contributed by atoms with Crippen LogP contribution in [0.2, 0.25) is 0 Å². The molecule has 108 valence electrons. The van der Waals surface area contributed by atoms with E-state index < -0.39 is 18.0 Å². The highest BCUT2D eigenvalue weighted by Gasteiger charge is 2.34. The second kappa shape index (κ2) is 5.54. The molecule has 0 radical (unpaired) electrons. The van der Waals surface area contributed by atoms with Crippen molar-refractivity contribution in [3.8, 4) is 5.75 Å². The fourth-order valence-electron chi connectivity index (χ4n) is 2.44. The van der Waals surface area contributed by atoms with Crippen LogP contribution in [-0.4, -0.2) is 19.0 Å². The van der Waals surface area contributed by atoms with Crippen LogP contribution in [0.15, 0.2) is 48.5 Å². The fourth-order valence-corrected chi connectivity index (χ4v) is 2.44. The molecule has 21 heavy (non-hydrogen) atoms. The van der Waals surface area contributed by atoms with Crippen molar-refractivity contribution in [2.24, 2.45) is 0 Å². The summed E-state index contributed by atoms with van der Waals surface area (Å²) in [6.45, 7) is 0. The van der Waals surface area contributed by atoms with Crippen LogP contribution in [0, 0.1) is 5.82 Å². The summed E-state index contributed by atoms with van der Waals surface area (Å²) in [4.78, 5) is 12.3. The van der Waals surface area contributed by atoms with E-state index in [1.165, 1.54) is 18.2 Å². The smallest absolute Gasteiger partial charge is 0.245 e. The van der Waals surface area contributed by atoms with Gasteiger partial charge in [-0.05, 0) is 24.7 Å². The number of ether oxygens (including phenoxy) is 1. The van der Waals surface area contributed by atoms with Crippen molar-refractivity contribution in [2.45, 2.75) is 12.1 Å². The number of benzene rings is 2. The highest BCUT2D eigenvalue weighted by Crippen LogP contribution is 2.34. The first-order valence-corrected chi connectivity index (χ1v) is 6.68. The molecule has 4 nitrogen and oxygen atoms in total. The largest absolute Gasteiger partial charge is 0.481 e. The molecule has 0 saturated carbocycles. The minimum atomic E-state index is -0.567. The van der Waals surface area contributed by atoms with E-state index in [0.29, 0.717) is 11.4 Å². The topological polar surface area (TPSA) is 50.4 Å². The summed E-state index contributed by atoms with van der Waals surface area (Å²) in [7, 11) is 1.69. The average Bonchev–Trinajstić information content (AvgIpc) is 2.63. The maximum Gasteiger partial charge on any atom is 0.245 e. The Morgan fingerprint density at radius 1 is 1.19 bits per heavy atom. The van der Waals surface area contributed by atoms with E-state index in [9.17, 15) is 9.18 Å². The predicted molar refractivity (Wildman–Crippen MR) is 77.7 cm³/mol. The average molecular weight is 286 g/mol. The summed E-state index contributed by atoms with van der Waals surface area (Å²) in [5, 5.41) is 5.66. The molecule has 5 heteroatoms. The zero-order chi connectivity index (χ0) is 14.8. The van der Waals surface area contributed by atoms with Gasteiger partial charge < -0.3 is 15.4 Å². The van der Waals surface area contributed by atoms with Crippen LogP contribution in [0.25, 0.3) is 0 Å². The Labute approximate surface area is 121 Å². The van der Waals surface area contributed by atoms with Gasteiger partial charge in [-0.1, -0.05) is 30.3 Å². The number of fused-ring (bicyclic) bond motifs is 1. The van der Waals surface area contributed by atoms with Crippen LogP contribution in [0.3, 0.4) is 0 Å². The van der Waals surface area contributed by atoms with Crippen LogP contribution >= 0.6 is 0 Å². The second-order valence-electron chi connectivity index (χ2n) is 4.85. The lowest BCUT2D eigenvalue weighted by atomic mass is 10.0. The Hall–Kier alpha value is -2.40. The maximum absolute atomic E-state index is 13.3. The molecular weight excluding hydrogens is 271 g/mol. The summed E-state index contributed by atoms with van der Waals surface area (Å²) in [5.41, 5.74) is 1.22. The lowest BCUT2D eigenvalue weighted by molar-refractivity contribution is -0.119. The van der Waals surface area contributed by atoms with Crippen molar-refractivity contribution in [1.29, 1.82) is 0 Å². The lowest BCUT2D eigenvalue weighted by Gasteiger charge is -2.24. The van der Waals surface area contributed by atoms with E-state index in [1.807, 2.05) is 30.3 Å². The van der Waals surface area contributed by atoms with Crippen LogP contribution in [0.4, 0.5) is 10.1 Å². The van der Waals surface area contributed by atoms with E-state index in [4.69, 9.17) is 4.74 Å². The Kier molecular flexibility index (Phi) is 3.58. The molecule has 2 atom stereocenters. The van der Waals surface area contributed by atoms with Gasteiger partial charge in [0.25, 0.3) is 0 Å². The monoisotopic (exact) mass is 286 g/mol. The standard InChI is InChI=1S/C16H15FN2O2/c1-18-14-15(10-5-3-2-4-6-10)21-13-8-7-11(17)9-12(13)19-16(14)20/h2-9,14-15,18H,1H3,(H,19,20)/t14-,15+/m0/s1. The van der Waals surface area contributed by atoms with E-state index in [0.717, 1.165) is 5.56 Å². The van der Waals surface area contributed by atoms with Gasteiger partial charge in [0.2, 0.25) is 5.91 Å². The van der Waals surface area contributed by atoms with Gasteiger partial charge in [0.15, 0.2) is 0 Å². The minimum Gasteiger partial charge on any atom is -0.481 e. The number of carbonyl (C=O) groups is 1. The number of rotatable bonds is 2. The number of nitrogens with one attached hydrogen (secondary N) is 2. The zero-order valence-corrected chi connectivity index (χ0v) is 11.5. The highest BCUT2D eigenvalue weighted by molar-refractivity contribution is 5.97. The number of carbonyl (C=O) groups excluding carboxylic acids is 1. The normalized spacial score (nSPS) is 21.0. The van der Waals surface area contributed by atoms with Gasteiger partial charge in [0, 0.05) is 6.07 Å². The number of hydrogen-bond donors (Lipinski definition) is 2. The number of amides is 1. The first kappa shape index (κ1) is 13.6. The number of hydrogen-bond acceptors (Lipinski definition) is 3. The van der Waals surface area contributed by atoms with E-state index in [2.05, 4.69) is 10.6 Å². The molecule has 2 aromatic carbocycles. The zero-order valence-electron chi connectivity index (χ0n) is 11.5. The van der Waals surface area contributed by atoms with Crippen molar-refractivity contribution in [3.63, 3.8) is 0 Å². The highest BCUT2D eigenvalue weighted by atomic mass is 19.1. The third kappa shape index (κ3) is 2.60. The van der Waals surface area contributed by atoms with Gasteiger partial charge >= 0.3 is 0 Å². The number of halogens is 1. The van der Waals surface area contributed by atoms with Crippen molar-refractivity contribution in [1.82, 2.24) is 5.32 Å². The molecule has 0 bridgehead atoms. The molecule has 0 spiro atoms. The molecule has 0 saturated heterocycles. The molecule has 1 aliphatic heterocycles. The first-order valence-electron chi connectivity index (χ1n) is 6.68. The molecule has 0 unspecified atom stereocenters. The van der Waals surface area contributed by atoms with Crippen LogP contribution < -0.4 is 15.4 Å². The Morgan fingerprint density at radius 2 is 1.95 bits per heavy atom. The molecule has 3 rings (SSSR count). The minimum absolute atomic E-state index is 0.254. The van der Waals surface area contributed by atoms with Crippen LogP contribution in [-0.2, 0) is 4.79 Å². The van der Waals surface area contributed by atoms with Crippen LogP contribution in [0.5, 0.6) is 5.75 Å². The second-order valence-corrected chi connectivity index (χ2v) is 4.85. The van der Waals surface area contributed by atoms with E-state index in [-0.39, 0.29) is 5.91 Å². The molecule has 0 fully saturated rings. The third-order valence-corrected chi connectivity index (χ3v) is 3.48. The Balaban J connectivity index is 2.05. The molecule has 2 aromatic rings.